The van der Waals surface area contributed by atoms with E-state index in [1.165, 1.54) is 0 Å². The summed E-state index contributed by atoms with van der Waals surface area (Å²) in [5.41, 5.74) is 3.21. The first kappa shape index (κ1) is 26.2. The number of halogens is 2. The molecule has 8 nitrogen and oxygen atoms in total. The number of aryl methyl sites for hydroxylation is 1. The van der Waals surface area contributed by atoms with Crippen molar-refractivity contribution in [3.63, 3.8) is 0 Å². The first-order chi connectivity index (χ1) is 16.1. The highest BCUT2D eigenvalue weighted by atomic mass is 35.5. The van der Waals surface area contributed by atoms with E-state index < -0.39 is 0 Å². The first-order valence-corrected chi connectivity index (χ1v) is 10.7. The molecular weight excluding hydrogens is 493 g/mol. The van der Waals surface area contributed by atoms with E-state index in [1.54, 1.807) is 14.2 Å². The van der Waals surface area contributed by atoms with Crippen molar-refractivity contribution in [1.82, 2.24) is 9.97 Å². The molecule has 0 atom stereocenters. The zero-order valence-electron chi connectivity index (χ0n) is 19.8. The van der Waals surface area contributed by atoms with E-state index >= 15 is 0 Å². The molecule has 0 aliphatic carbocycles. The summed E-state index contributed by atoms with van der Waals surface area (Å²) in [5, 5.41) is 16.8. The van der Waals surface area contributed by atoms with Crippen molar-refractivity contribution in [2.45, 2.75) is 19.8 Å². The molecule has 2 aromatic carbocycles. The Labute approximate surface area is 215 Å². The van der Waals surface area contributed by atoms with Crippen molar-refractivity contribution in [3.8, 4) is 28.9 Å². The number of methoxy groups -OCH3 is 2. The Morgan fingerprint density at radius 3 is 2.23 bits per heavy atom. The summed E-state index contributed by atoms with van der Waals surface area (Å²) in [6, 6.07) is 9.68. The zero-order valence-corrected chi connectivity index (χ0v) is 21.4. The van der Waals surface area contributed by atoms with Crippen LogP contribution >= 0.6 is 24.8 Å². The van der Waals surface area contributed by atoms with Crippen LogP contribution in [0.2, 0.25) is 0 Å². The van der Waals surface area contributed by atoms with Gasteiger partial charge in [0.1, 0.15) is 5.82 Å². The van der Waals surface area contributed by atoms with Crippen LogP contribution in [-0.2, 0) is 12.8 Å². The summed E-state index contributed by atoms with van der Waals surface area (Å²) in [5.74, 6) is 3.32. The van der Waals surface area contributed by atoms with Gasteiger partial charge < -0.3 is 29.4 Å². The van der Waals surface area contributed by atoms with E-state index in [1.807, 2.05) is 38.2 Å². The van der Waals surface area contributed by atoms with Crippen LogP contribution in [-0.4, -0.2) is 43.1 Å². The number of aromatic hydroxyl groups is 1. The van der Waals surface area contributed by atoms with E-state index in [9.17, 15) is 5.11 Å². The first-order valence-electron chi connectivity index (χ1n) is 10.7. The summed E-state index contributed by atoms with van der Waals surface area (Å²) >= 11 is 0. The third kappa shape index (κ3) is 4.51. The highest BCUT2D eigenvalue weighted by molar-refractivity contribution is 5.93. The summed E-state index contributed by atoms with van der Waals surface area (Å²) in [6.07, 6.45) is 1.09. The highest BCUT2D eigenvalue weighted by Crippen LogP contribution is 2.40. The Balaban J connectivity index is 0.00000171. The van der Waals surface area contributed by atoms with Gasteiger partial charge in [-0.1, -0.05) is 6.92 Å². The molecule has 0 spiro atoms. The fraction of sp³-hybridized carbons (Fsp3) is 0.280. The van der Waals surface area contributed by atoms with Crippen LogP contribution in [0.4, 0.5) is 5.82 Å². The van der Waals surface area contributed by atoms with Crippen LogP contribution in [0, 0.1) is 0 Å². The molecule has 0 saturated heterocycles. The van der Waals surface area contributed by atoms with E-state index in [0.717, 1.165) is 32.9 Å². The number of aromatic nitrogens is 2. The molecular formula is C25H27Cl2N3O5. The summed E-state index contributed by atoms with van der Waals surface area (Å²) in [6.45, 7) is 2.21. The second-order valence-electron chi connectivity index (χ2n) is 7.79. The molecule has 1 aliphatic rings. The SMILES string of the molecule is CCc1nc(O)c(Cc2cc3cc4c(cc3nc2NC)OCO4)c2cc(OC)c(OC)cc12.Cl.Cl. The van der Waals surface area contributed by atoms with Crippen LogP contribution in [0.5, 0.6) is 28.9 Å². The van der Waals surface area contributed by atoms with Gasteiger partial charge in [0.25, 0.3) is 0 Å². The number of ether oxygens (including phenoxy) is 4. The van der Waals surface area contributed by atoms with Crippen molar-refractivity contribution in [2.24, 2.45) is 0 Å². The largest absolute Gasteiger partial charge is 0.493 e. The number of nitrogens with one attached hydrogen (secondary N) is 1. The van der Waals surface area contributed by atoms with Crippen LogP contribution < -0.4 is 24.3 Å². The molecule has 2 N–H and O–H groups in total. The minimum Gasteiger partial charge on any atom is -0.493 e. The van der Waals surface area contributed by atoms with Crippen molar-refractivity contribution in [1.29, 1.82) is 0 Å². The summed E-state index contributed by atoms with van der Waals surface area (Å²) in [7, 11) is 5.03. The average molecular weight is 520 g/mol. The number of hydrogen-bond donors (Lipinski definition) is 2. The Morgan fingerprint density at radius 1 is 0.943 bits per heavy atom. The second-order valence-corrected chi connectivity index (χ2v) is 7.79. The number of hydrogen-bond acceptors (Lipinski definition) is 8. The molecule has 4 aromatic rings. The average Bonchev–Trinajstić information content (AvgIpc) is 3.29. The number of pyridine rings is 2. The molecule has 0 fully saturated rings. The minimum absolute atomic E-state index is 0. The predicted octanol–water partition coefficient (Wildman–Crippen LogP) is 5.27. The van der Waals surface area contributed by atoms with Gasteiger partial charge in [-0.25, -0.2) is 9.97 Å². The van der Waals surface area contributed by atoms with Gasteiger partial charge in [0.2, 0.25) is 12.7 Å². The smallest absolute Gasteiger partial charge is 0.231 e. The maximum absolute atomic E-state index is 10.9. The Bertz CT molecular complexity index is 1400. The minimum atomic E-state index is -0.000549. The van der Waals surface area contributed by atoms with Gasteiger partial charge in [0, 0.05) is 35.9 Å². The van der Waals surface area contributed by atoms with Crippen molar-refractivity contribution < 1.29 is 24.1 Å². The van der Waals surface area contributed by atoms with Gasteiger partial charge >= 0.3 is 0 Å². The molecule has 5 rings (SSSR count). The molecule has 186 valence electrons. The lowest BCUT2D eigenvalue weighted by molar-refractivity contribution is 0.174. The quantitative estimate of drug-likeness (QED) is 0.355. The van der Waals surface area contributed by atoms with Crippen LogP contribution in [0.25, 0.3) is 21.7 Å². The van der Waals surface area contributed by atoms with Crippen molar-refractivity contribution in [2.75, 3.05) is 33.4 Å². The maximum atomic E-state index is 10.9. The van der Waals surface area contributed by atoms with E-state index in [4.69, 9.17) is 23.9 Å². The molecule has 10 heteroatoms. The maximum Gasteiger partial charge on any atom is 0.231 e. The monoisotopic (exact) mass is 519 g/mol. The number of rotatable bonds is 6. The third-order valence-corrected chi connectivity index (χ3v) is 6.00. The fourth-order valence-corrected chi connectivity index (χ4v) is 4.34. The Kier molecular flexibility index (Phi) is 7.87. The standard InChI is InChI=1S/C25H25N3O5.2ClH/c1-5-18-16-10-21(31-4)20(30-3)9-15(16)17(25(29)28-18)7-14-6-13-8-22-23(33-12-32-22)11-19(13)27-24(14)26-2;;/h6,8-11H,5,7,12H2,1-4H3,(H,26,27)(H,28,29);2*1H. The number of benzene rings is 2. The number of fused-ring (bicyclic) bond motifs is 3. The van der Waals surface area contributed by atoms with Gasteiger partial charge in [-0.2, -0.15) is 0 Å². The van der Waals surface area contributed by atoms with E-state index in [2.05, 4.69) is 16.4 Å². The molecule has 35 heavy (non-hydrogen) atoms. The molecule has 1 aliphatic heterocycles. The fourth-order valence-electron chi connectivity index (χ4n) is 4.34. The molecule has 3 heterocycles. The molecule has 0 amide bonds. The third-order valence-electron chi connectivity index (χ3n) is 6.00. The lowest BCUT2D eigenvalue weighted by Gasteiger charge is -2.17. The van der Waals surface area contributed by atoms with E-state index in [-0.39, 0.29) is 37.5 Å². The van der Waals surface area contributed by atoms with Gasteiger partial charge in [0.05, 0.1) is 25.4 Å². The highest BCUT2D eigenvalue weighted by Gasteiger charge is 2.20. The summed E-state index contributed by atoms with van der Waals surface area (Å²) in [4.78, 5) is 9.27. The Morgan fingerprint density at radius 2 is 1.60 bits per heavy atom. The normalized spacial score (nSPS) is 11.7. The van der Waals surface area contributed by atoms with Gasteiger partial charge in [-0.05, 0) is 41.6 Å². The number of nitrogens with zero attached hydrogens (tertiary/aromatic N) is 2. The lowest BCUT2D eigenvalue weighted by atomic mass is 9.96. The van der Waals surface area contributed by atoms with Gasteiger partial charge in [-0.3, -0.25) is 0 Å². The molecule has 0 radical (unpaired) electrons. The summed E-state index contributed by atoms with van der Waals surface area (Å²) < 4.78 is 22.0. The van der Waals surface area contributed by atoms with Crippen molar-refractivity contribution in [3.05, 3.63) is 47.2 Å². The van der Waals surface area contributed by atoms with E-state index in [0.29, 0.717) is 47.2 Å². The molecule has 0 saturated carbocycles. The van der Waals surface area contributed by atoms with Crippen LogP contribution in [0.15, 0.2) is 30.3 Å². The predicted molar refractivity (Wildman–Crippen MR) is 141 cm³/mol. The molecule has 0 bridgehead atoms. The van der Waals surface area contributed by atoms with Crippen LogP contribution in [0.3, 0.4) is 0 Å². The lowest BCUT2D eigenvalue weighted by Crippen LogP contribution is -2.03. The van der Waals surface area contributed by atoms with Gasteiger partial charge in [-0.15, -0.1) is 24.8 Å². The van der Waals surface area contributed by atoms with Crippen molar-refractivity contribution >= 4 is 52.3 Å². The van der Waals surface area contributed by atoms with Gasteiger partial charge in [0.15, 0.2) is 23.0 Å². The van der Waals surface area contributed by atoms with Crippen LogP contribution in [0.1, 0.15) is 23.7 Å². The second kappa shape index (κ2) is 10.5. The molecule has 2 aromatic heterocycles. The zero-order chi connectivity index (χ0) is 23.1. The molecule has 0 unspecified atom stereocenters. The Hall–Kier alpha value is -3.36. The number of anilines is 1. The topological polar surface area (TPSA) is 95.0 Å².